The molecule has 0 aliphatic carbocycles. The van der Waals surface area contributed by atoms with Gasteiger partial charge in [0.2, 0.25) is 0 Å². The number of piperidine rings is 1. The zero-order chi connectivity index (χ0) is 13.8. The van der Waals surface area contributed by atoms with Crippen molar-refractivity contribution in [3.8, 4) is 0 Å². The van der Waals surface area contributed by atoms with Gasteiger partial charge in [0.25, 0.3) is 0 Å². The zero-order valence-electron chi connectivity index (χ0n) is 12.9. The summed E-state index contributed by atoms with van der Waals surface area (Å²) in [4.78, 5) is 2.60. The van der Waals surface area contributed by atoms with E-state index in [-0.39, 0.29) is 0 Å². The van der Waals surface area contributed by atoms with E-state index in [0.29, 0.717) is 12.1 Å². The Labute approximate surface area is 118 Å². The first-order chi connectivity index (χ1) is 9.04. The summed E-state index contributed by atoms with van der Waals surface area (Å²) in [6.45, 7) is 12.4. The Morgan fingerprint density at radius 2 is 2.11 bits per heavy atom. The summed E-state index contributed by atoms with van der Waals surface area (Å²) in [6, 6.07) is 8.08. The van der Waals surface area contributed by atoms with Crippen molar-refractivity contribution >= 4 is 0 Å². The highest BCUT2D eigenvalue weighted by atomic mass is 15.2. The van der Waals surface area contributed by atoms with Crippen LogP contribution in [0, 0.1) is 13.8 Å². The summed E-state index contributed by atoms with van der Waals surface area (Å²) < 4.78 is 0. The highest BCUT2D eigenvalue weighted by molar-refractivity contribution is 5.30. The lowest BCUT2D eigenvalue weighted by molar-refractivity contribution is 0.178. The summed E-state index contributed by atoms with van der Waals surface area (Å²) in [5.74, 6) is 0. The molecule has 19 heavy (non-hydrogen) atoms. The molecule has 0 saturated carbocycles. The van der Waals surface area contributed by atoms with Gasteiger partial charge in [-0.05, 0) is 44.4 Å². The molecular weight excluding hydrogens is 232 g/mol. The van der Waals surface area contributed by atoms with Crippen molar-refractivity contribution in [3.63, 3.8) is 0 Å². The van der Waals surface area contributed by atoms with Crippen molar-refractivity contribution in [2.75, 3.05) is 13.1 Å². The molecule has 2 nitrogen and oxygen atoms in total. The van der Waals surface area contributed by atoms with Gasteiger partial charge in [0.15, 0.2) is 0 Å². The molecule has 1 aliphatic heterocycles. The SMILES string of the molecule is Cc1ccc(CN2CCCC(NC(C)C)C2)c(C)c1. The summed E-state index contributed by atoms with van der Waals surface area (Å²) in [5, 5.41) is 3.68. The third-order valence-corrected chi connectivity index (χ3v) is 3.97. The zero-order valence-corrected chi connectivity index (χ0v) is 12.9. The highest BCUT2D eigenvalue weighted by Gasteiger charge is 2.20. The minimum absolute atomic E-state index is 0.589. The Balaban J connectivity index is 1.94. The molecule has 0 spiro atoms. The predicted molar refractivity (Wildman–Crippen MR) is 82.5 cm³/mol. The van der Waals surface area contributed by atoms with Crippen LogP contribution < -0.4 is 5.32 Å². The summed E-state index contributed by atoms with van der Waals surface area (Å²) in [5.41, 5.74) is 4.27. The number of nitrogens with zero attached hydrogens (tertiary/aromatic N) is 1. The van der Waals surface area contributed by atoms with E-state index in [2.05, 4.69) is 56.1 Å². The molecule has 1 aromatic carbocycles. The Hall–Kier alpha value is -0.860. The maximum atomic E-state index is 3.68. The molecule has 106 valence electrons. The largest absolute Gasteiger partial charge is 0.311 e. The molecule has 1 atom stereocenters. The second-order valence-corrected chi connectivity index (χ2v) is 6.33. The molecule has 1 saturated heterocycles. The lowest BCUT2D eigenvalue weighted by Gasteiger charge is -2.34. The maximum absolute atomic E-state index is 3.68. The standard InChI is InChI=1S/C17H28N2/c1-13(2)18-17-6-5-9-19(12-17)11-16-8-7-14(3)10-15(16)4/h7-8,10,13,17-18H,5-6,9,11-12H2,1-4H3. The van der Waals surface area contributed by atoms with Gasteiger partial charge in [-0.15, -0.1) is 0 Å². The number of benzene rings is 1. The van der Waals surface area contributed by atoms with E-state index in [1.807, 2.05) is 0 Å². The minimum Gasteiger partial charge on any atom is -0.311 e. The van der Waals surface area contributed by atoms with Crippen LogP contribution in [0.3, 0.4) is 0 Å². The molecule has 0 amide bonds. The first-order valence-electron chi connectivity index (χ1n) is 7.59. The molecule has 0 radical (unpaired) electrons. The fourth-order valence-electron chi connectivity index (χ4n) is 3.07. The lowest BCUT2D eigenvalue weighted by Crippen LogP contribution is -2.47. The van der Waals surface area contributed by atoms with Gasteiger partial charge < -0.3 is 5.32 Å². The first kappa shape index (κ1) is 14.5. The Bertz CT molecular complexity index is 412. The summed E-state index contributed by atoms with van der Waals surface area (Å²) in [7, 11) is 0. The van der Waals surface area contributed by atoms with Crippen LogP contribution in [0.2, 0.25) is 0 Å². The molecule has 1 fully saturated rings. The molecule has 0 bridgehead atoms. The normalized spacial score (nSPS) is 21.0. The van der Waals surface area contributed by atoms with Gasteiger partial charge in [0, 0.05) is 25.2 Å². The van der Waals surface area contributed by atoms with Crippen LogP contribution in [0.1, 0.15) is 43.4 Å². The Kier molecular flexibility index (Phi) is 5.00. The third-order valence-electron chi connectivity index (χ3n) is 3.97. The highest BCUT2D eigenvalue weighted by Crippen LogP contribution is 2.17. The monoisotopic (exact) mass is 260 g/mol. The summed E-state index contributed by atoms with van der Waals surface area (Å²) in [6.07, 6.45) is 2.64. The molecule has 1 heterocycles. The van der Waals surface area contributed by atoms with Crippen molar-refractivity contribution in [3.05, 3.63) is 34.9 Å². The van der Waals surface area contributed by atoms with Crippen LogP contribution in [-0.4, -0.2) is 30.1 Å². The van der Waals surface area contributed by atoms with E-state index in [9.17, 15) is 0 Å². The van der Waals surface area contributed by atoms with Crippen LogP contribution in [0.25, 0.3) is 0 Å². The average molecular weight is 260 g/mol. The molecule has 1 N–H and O–H groups in total. The second-order valence-electron chi connectivity index (χ2n) is 6.33. The molecule has 1 unspecified atom stereocenters. The van der Waals surface area contributed by atoms with E-state index in [4.69, 9.17) is 0 Å². The van der Waals surface area contributed by atoms with Crippen LogP contribution >= 0.6 is 0 Å². The number of aryl methyl sites for hydroxylation is 2. The van der Waals surface area contributed by atoms with Crippen LogP contribution in [-0.2, 0) is 6.54 Å². The summed E-state index contributed by atoms with van der Waals surface area (Å²) >= 11 is 0. The van der Waals surface area contributed by atoms with Gasteiger partial charge in [-0.2, -0.15) is 0 Å². The molecule has 1 aromatic rings. The van der Waals surface area contributed by atoms with Crippen molar-refractivity contribution < 1.29 is 0 Å². The van der Waals surface area contributed by atoms with E-state index in [1.54, 1.807) is 0 Å². The third kappa shape index (κ3) is 4.32. The number of likely N-dealkylation sites (tertiary alicyclic amines) is 1. The van der Waals surface area contributed by atoms with Crippen LogP contribution in [0.5, 0.6) is 0 Å². The number of hydrogen-bond donors (Lipinski definition) is 1. The maximum Gasteiger partial charge on any atom is 0.0237 e. The fourth-order valence-corrected chi connectivity index (χ4v) is 3.07. The fraction of sp³-hybridized carbons (Fsp3) is 0.647. The Morgan fingerprint density at radius 3 is 2.79 bits per heavy atom. The van der Waals surface area contributed by atoms with Crippen LogP contribution in [0.4, 0.5) is 0 Å². The first-order valence-corrected chi connectivity index (χ1v) is 7.59. The van der Waals surface area contributed by atoms with E-state index in [0.717, 1.165) is 6.54 Å². The number of rotatable bonds is 4. The minimum atomic E-state index is 0.589. The quantitative estimate of drug-likeness (QED) is 0.894. The van der Waals surface area contributed by atoms with Crippen molar-refractivity contribution in [2.45, 2.75) is 59.2 Å². The number of hydrogen-bond acceptors (Lipinski definition) is 2. The second kappa shape index (κ2) is 6.53. The molecular formula is C17H28N2. The van der Waals surface area contributed by atoms with Crippen molar-refractivity contribution in [1.82, 2.24) is 10.2 Å². The van der Waals surface area contributed by atoms with E-state index < -0.39 is 0 Å². The van der Waals surface area contributed by atoms with Gasteiger partial charge in [-0.1, -0.05) is 37.6 Å². The molecule has 2 rings (SSSR count). The van der Waals surface area contributed by atoms with Gasteiger partial charge >= 0.3 is 0 Å². The van der Waals surface area contributed by atoms with Gasteiger partial charge in [0.1, 0.15) is 0 Å². The van der Waals surface area contributed by atoms with Crippen molar-refractivity contribution in [2.24, 2.45) is 0 Å². The number of nitrogens with one attached hydrogen (secondary N) is 1. The van der Waals surface area contributed by atoms with E-state index in [1.165, 1.54) is 42.6 Å². The smallest absolute Gasteiger partial charge is 0.0237 e. The average Bonchev–Trinajstić information content (AvgIpc) is 2.32. The predicted octanol–water partition coefficient (Wildman–Crippen LogP) is 3.27. The lowest BCUT2D eigenvalue weighted by atomic mass is 10.0. The Morgan fingerprint density at radius 1 is 1.32 bits per heavy atom. The van der Waals surface area contributed by atoms with Gasteiger partial charge in [-0.3, -0.25) is 4.90 Å². The van der Waals surface area contributed by atoms with Gasteiger partial charge in [0.05, 0.1) is 0 Å². The topological polar surface area (TPSA) is 15.3 Å². The molecule has 0 aromatic heterocycles. The van der Waals surface area contributed by atoms with Gasteiger partial charge in [-0.25, -0.2) is 0 Å². The molecule has 2 heteroatoms. The van der Waals surface area contributed by atoms with Crippen LogP contribution in [0.15, 0.2) is 18.2 Å². The molecule has 1 aliphatic rings. The van der Waals surface area contributed by atoms with E-state index >= 15 is 0 Å². The van der Waals surface area contributed by atoms with Crippen molar-refractivity contribution in [1.29, 1.82) is 0 Å².